The lowest BCUT2D eigenvalue weighted by Crippen LogP contribution is -2.08. The molecule has 0 bridgehead atoms. The van der Waals surface area contributed by atoms with Crippen molar-refractivity contribution in [2.45, 2.75) is 20.0 Å². The van der Waals surface area contributed by atoms with Crippen LogP contribution in [0.2, 0.25) is 0 Å². The Hall–Kier alpha value is -3.22. The summed E-state index contributed by atoms with van der Waals surface area (Å²) in [6, 6.07) is 8.32. The molecule has 0 saturated carbocycles. The Labute approximate surface area is 157 Å². The van der Waals surface area contributed by atoms with E-state index in [0.717, 1.165) is 11.8 Å². The van der Waals surface area contributed by atoms with Crippen LogP contribution in [0.5, 0.6) is 28.7 Å². The Balaban J connectivity index is 2.37. The van der Waals surface area contributed by atoms with Crippen LogP contribution in [-0.4, -0.2) is 33.6 Å². The zero-order valence-corrected chi connectivity index (χ0v) is 15.9. The summed E-state index contributed by atoms with van der Waals surface area (Å²) in [6.45, 7) is 3.14. The number of hydrogen-bond acceptors (Lipinski definition) is 7. The van der Waals surface area contributed by atoms with Crippen molar-refractivity contribution < 1.29 is 33.3 Å². The van der Waals surface area contributed by atoms with Crippen LogP contribution in [0.25, 0.3) is 0 Å². The second kappa shape index (κ2) is 8.93. The molecule has 0 N–H and O–H groups in total. The Kier molecular flexibility index (Phi) is 6.65. The Morgan fingerprint density at radius 3 is 2.00 bits per heavy atom. The quantitative estimate of drug-likeness (QED) is 0.397. The predicted octanol–water partition coefficient (Wildman–Crippen LogP) is 3.59. The Morgan fingerprint density at radius 1 is 0.926 bits per heavy atom. The van der Waals surface area contributed by atoms with E-state index in [2.05, 4.69) is 0 Å². The minimum Gasteiger partial charge on any atom is -0.493 e. The van der Waals surface area contributed by atoms with Gasteiger partial charge in [-0.1, -0.05) is 0 Å². The molecule has 0 fully saturated rings. The number of hydrogen-bond donors (Lipinski definition) is 0. The lowest BCUT2D eigenvalue weighted by atomic mass is 10.1. The average molecular weight is 374 g/mol. The lowest BCUT2D eigenvalue weighted by Gasteiger charge is -2.20. The molecule has 2 rings (SSSR count). The van der Waals surface area contributed by atoms with E-state index in [1.165, 1.54) is 28.3 Å². The first-order valence-corrected chi connectivity index (χ1v) is 8.17. The fraction of sp³-hybridized carbons (Fsp3) is 0.300. The zero-order valence-electron chi connectivity index (χ0n) is 15.9. The van der Waals surface area contributed by atoms with Crippen LogP contribution in [0, 0.1) is 0 Å². The molecule has 2 aromatic rings. The van der Waals surface area contributed by atoms with Gasteiger partial charge in [0.05, 0.1) is 21.3 Å². The van der Waals surface area contributed by atoms with Crippen LogP contribution < -0.4 is 23.7 Å². The standard InChI is InChI=1S/C20H22O7/c1-12(26-16-7-6-14(11-21)8-17(16)23-3)15-9-18(24-4)20(27-13(2)22)19(10-15)25-5/h6-12H,1-5H3. The van der Waals surface area contributed by atoms with Gasteiger partial charge in [0.25, 0.3) is 0 Å². The molecule has 27 heavy (non-hydrogen) atoms. The number of carbonyl (C=O) groups excluding carboxylic acids is 2. The van der Waals surface area contributed by atoms with Gasteiger partial charge in [-0.2, -0.15) is 0 Å². The van der Waals surface area contributed by atoms with Gasteiger partial charge in [0, 0.05) is 12.5 Å². The first-order valence-electron chi connectivity index (χ1n) is 8.17. The van der Waals surface area contributed by atoms with E-state index in [4.69, 9.17) is 23.7 Å². The third-order valence-corrected chi connectivity index (χ3v) is 3.83. The number of methoxy groups -OCH3 is 3. The van der Waals surface area contributed by atoms with Crippen molar-refractivity contribution in [3.8, 4) is 28.7 Å². The first kappa shape index (κ1) is 20.1. The van der Waals surface area contributed by atoms with Crippen LogP contribution in [0.15, 0.2) is 30.3 Å². The van der Waals surface area contributed by atoms with Crippen molar-refractivity contribution in [3.63, 3.8) is 0 Å². The van der Waals surface area contributed by atoms with E-state index in [1.807, 2.05) is 6.92 Å². The monoisotopic (exact) mass is 374 g/mol. The van der Waals surface area contributed by atoms with Gasteiger partial charge in [-0.05, 0) is 42.8 Å². The second-order valence-corrected chi connectivity index (χ2v) is 5.64. The van der Waals surface area contributed by atoms with E-state index < -0.39 is 12.1 Å². The highest BCUT2D eigenvalue weighted by atomic mass is 16.6. The summed E-state index contributed by atoms with van der Waals surface area (Å²) in [4.78, 5) is 22.3. The summed E-state index contributed by atoms with van der Waals surface area (Å²) in [6.07, 6.45) is 0.328. The highest BCUT2D eigenvalue weighted by molar-refractivity contribution is 5.76. The minimum absolute atomic E-state index is 0.205. The largest absolute Gasteiger partial charge is 0.493 e. The van der Waals surface area contributed by atoms with Crippen molar-refractivity contribution >= 4 is 12.3 Å². The van der Waals surface area contributed by atoms with Gasteiger partial charge in [0.2, 0.25) is 5.75 Å². The van der Waals surface area contributed by atoms with E-state index in [9.17, 15) is 9.59 Å². The summed E-state index contributed by atoms with van der Waals surface area (Å²) in [5.74, 6) is 1.34. The van der Waals surface area contributed by atoms with E-state index in [0.29, 0.717) is 28.6 Å². The van der Waals surface area contributed by atoms with Crippen LogP contribution in [-0.2, 0) is 4.79 Å². The molecule has 0 aliphatic rings. The van der Waals surface area contributed by atoms with Crippen LogP contribution >= 0.6 is 0 Å². The molecule has 0 amide bonds. The predicted molar refractivity (Wildman–Crippen MR) is 98.3 cm³/mol. The zero-order chi connectivity index (χ0) is 20.0. The Bertz CT molecular complexity index is 804. The molecule has 7 heteroatoms. The van der Waals surface area contributed by atoms with Gasteiger partial charge in [-0.25, -0.2) is 0 Å². The molecule has 0 aliphatic heterocycles. The number of rotatable bonds is 8. The molecule has 0 aliphatic carbocycles. The molecule has 7 nitrogen and oxygen atoms in total. The SMILES string of the molecule is COc1cc(C=O)ccc1OC(C)c1cc(OC)c(OC(C)=O)c(OC)c1. The Morgan fingerprint density at radius 2 is 1.52 bits per heavy atom. The van der Waals surface area contributed by atoms with E-state index >= 15 is 0 Å². The summed E-state index contributed by atoms with van der Waals surface area (Å²) in [7, 11) is 4.44. The fourth-order valence-electron chi connectivity index (χ4n) is 2.49. The summed E-state index contributed by atoms with van der Waals surface area (Å²) < 4.78 is 27.1. The normalized spacial score (nSPS) is 11.3. The molecule has 2 aromatic carbocycles. The second-order valence-electron chi connectivity index (χ2n) is 5.64. The molecule has 0 saturated heterocycles. The maximum absolute atomic E-state index is 11.3. The molecule has 0 spiro atoms. The molecule has 0 radical (unpaired) electrons. The molecular weight excluding hydrogens is 352 g/mol. The summed E-state index contributed by atoms with van der Waals surface area (Å²) in [5, 5.41) is 0. The molecule has 1 atom stereocenters. The molecular formula is C20H22O7. The van der Waals surface area contributed by atoms with Crippen molar-refractivity contribution in [3.05, 3.63) is 41.5 Å². The number of aldehydes is 1. The molecule has 0 aromatic heterocycles. The van der Waals surface area contributed by atoms with E-state index in [-0.39, 0.29) is 5.75 Å². The number of carbonyl (C=O) groups is 2. The number of esters is 1. The fourth-order valence-corrected chi connectivity index (χ4v) is 2.49. The van der Waals surface area contributed by atoms with Crippen molar-refractivity contribution in [2.75, 3.05) is 21.3 Å². The topological polar surface area (TPSA) is 80.3 Å². The molecule has 0 heterocycles. The van der Waals surface area contributed by atoms with Gasteiger partial charge >= 0.3 is 5.97 Å². The van der Waals surface area contributed by atoms with Crippen LogP contribution in [0.1, 0.15) is 35.9 Å². The van der Waals surface area contributed by atoms with Gasteiger partial charge in [0.1, 0.15) is 12.4 Å². The van der Waals surface area contributed by atoms with Crippen molar-refractivity contribution in [1.29, 1.82) is 0 Å². The highest BCUT2D eigenvalue weighted by Crippen LogP contribution is 2.41. The summed E-state index contributed by atoms with van der Waals surface area (Å²) in [5.41, 5.74) is 1.22. The van der Waals surface area contributed by atoms with Crippen LogP contribution in [0.4, 0.5) is 0 Å². The van der Waals surface area contributed by atoms with Gasteiger partial charge in [-0.15, -0.1) is 0 Å². The first-order chi connectivity index (χ1) is 12.9. The van der Waals surface area contributed by atoms with Crippen molar-refractivity contribution in [2.24, 2.45) is 0 Å². The number of benzene rings is 2. The molecule has 1 unspecified atom stereocenters. The van der Waals surface area contributed by atoms with E-state index in [1.54, 1.807) is 30.3 Å². The van der Waals surface area contributed by atoms with Gasteiger partial charge < -0.3 is 23.7 Å². The van der Waals surface area contributed by atoms with Gasteiger partial charge in [-0.3, -0.25) is 9.59 Å². The van der Waals surface area contributed by atoms with Crippen LogP contribution in [0.3, 0.4) is 0 Å². The lowest BCUT2D eigenvalue weighted by molar-refractivity contribution is -0.132. The maximum Gasteiger partial charge on any atom is 0.308 e. The van der Waals surface area contributed by atoms with Gasteiger partial charge in [0.15, 0.2) is 23.0 Å². The minimum atomic E-state index is -0.483. The maximum atomic E-state index is 11.3. The average Bonchev–Trinajstić information content (AvgIpc) is 2.67. The third-order valence-electron chi connectivity index (χ3n) is 3.83. The summed E-state index contributed by atoms with van der Waals surface area (Å²) >= 11 is 0. The van der Waals surface area contributed by atoms with Crippen molar-refractivity contribution in [1.82, 2.24) is 0 Å². The molecule has 144 valence electrons. The smallest absolute Gasteiger partial charge is 0.308 e. The third kappa shape index (κ3) is 4.69. The number of ether oxygens (including phenoxy) is 5. The highest BCUT2D eigenvalue weighted by Gasteiger charge is 2.20.